The van der Waals surface area contributed by atoms with Crippen LogP contribution in [0, 0.1) is 28.6 Å². The Morgan fingerprint density at radius 1 is 1.24 bits per heavy atom. The fraction of sp³-hybridized carbons (Fsp3) is 0.944. The van der Waals surface area contributed by atoms with Gasteiger partial charge in [0, 0.05) is 12.6 Å². The van der Waals surface area contributed by atoms with Crippen molar-refractivity contribution in [3.05, 3.63) is 0 Å². The van der Waals surface area contributed by atoms with E-state index in [-0.39, 0.29) is 24.0 Å². The maximum Gasteiger partial charge on any atom is 0.226 e. The van der Waals surface area contributed by atoms with Gasteiger partial charge in [0.1, 0.15) is 0 Å². The van der Waals surface area contributed by atoms with Gasteiger partial charge < -0.3 is 10.4 Å². The van der Waals surface area contributed by atoms with Crippen molar-refractivity contribution in [2.24, 2.45) is 28.6 Å². The second-order valence-electron chi connectivity index (χ2n) is 8.89. The molecule has 1 amide bonds. The Morgan fingerprint density at radius 2 is 1.86 bits per heavy atom. The molecule has 3 nitrogen and oxygen atoms in total. The summed E-state index contributed by atoms with van der Waals surface area (Å²) in [5.74, 6) is 2.22. The van der Waals surface area contributed by atoms with E-state index in [0.717, 1.165) is 31.1 Å². The van der Waals surface area contributed by atoms with Gasteiger partial charge in [0.25, 0.3) is 0 Å². The van der Waals surface area contributed by atoms with Gasteiger partial charge >= 0.3 is 0 Å². The van der Waals surface area contributed by atoms with Crippen molar-refractivity contribution in [3.63, 3.8) is 0 Å². The third kappa shape index (κ3) is 2.74. The zero-order chi connectivity index (χ0) is 15.3. The third-order valence-corrected chi connectivity index (χ3v) is 6.40. The SMILES string of the molecule is CC(C)C(CCO)NC(=O)C12CC3CC(CC(C)(C3)C1)C2. The number of amides is 1. The van der Waals surface area contributed by atoms with Crippen LogP contribution in [-0.2, 0) is 4.79 Å². The monoisotopic (exact) mass is 293 g/mol. The number of hydrogen-bond donors (Lipinski definition) is 2. The molecule has 4 aliphatic rings. The van der Waals surface area contributed by atoms with E-state index in [4.69, 9.17) is 0 Å². The zero-order valence-corrected chi connectivity index (χ0v) is 13.8. The maximum atomic E-state index is 13.0. The summed E-state index contributed by atoms with van der Waals surface area (Å²) in [4.78, 5) is 13.0. The predicted octanol–water partition coefficient (Wildman–Crippen LogP) is 3.12. The summed E-state index contributed by atoms with van der Waals surface area (Å²) in [5, 5.41) is 12.5. The second-order valence-corrected chi connectivity index (χ2v) is 8.89. The van der Waals surface area contributed by atoms with E-state index in [2.05, 4.69) is 26.1 Å². The molecule has 0 aliphatic heterocycles. The first-order valence-electron chi connectivity index (χ1n) is 8.78. The first-order valence-corrected chi connectivity index (χ1v) is 8.78. The fourth-order valence-electron chi connectivity index (χ4n) is 6.02. The van der Waals surface area contributed by atoms with Gasteiger partial charge in [-0.25, -0.2) is 0 Å². The zero-order valence-electron chi connectivity index (χ0n) is 13.8. The lowest BCUT2D eigenvalue weighted by atomic mass is 9.44. The standard InChI is InChI=1S/C18H31NO2/c1-12(2)15(4-5-20)19-16(21)18-9-13-6-14(10-18)8-17(3,7-13)11-18/h12-15,20H,4-11H2,1-3H3,(H,19,21). The van der Waals surface area contributed by atoms with Gasteiger partial charge in [0.15, 0.2) is 0 Å². The number of carbonyl (C=O) groups is 1. The van der Waals surface area contributed by atoms with Gasteiger partial charge in [-0.2, -0.15) is 0 Å². The number of nitrogens with one attached hydrogen (secondary N) is 1. The van der Waals surface area contributed by atoms with Gasteiger partial charge in [-0.3, -0.25) is 4.79 Å². The van der Waals surface area contributed by atoms with Crippen LogP contribution in [0.4, 0.5) is 0 Å². The average molecular weight is 293 g/mol. The molecule has 3 unspecified atom stereocenters. The van der Waals surface area contributed by atoms with Crippen LogP contribution in [-0.4, -0.2) is 23.7 Å². The van der Waals surface area contributed by atoms with E-state index < -0.39 is 0 Å². The summed E-state index contributed by atoms with van der Waals surface area (Å²) in [5.41, 5.74) is 0.313. The van der Waals surface area contributed by atoms with Gasteiger partial charge in [-0.1, -0.05) is 20.8 Å². The molecule has 3 heteroatoms. The Kier molecular flexibility index (Phi) is 3.84. The molecule has 0 radical (unpaired) electrons. The number of carbonyl (C=O) groups excluding carboxylic acids is 1. The summed E-state index contributed by atoms with van der Waals surface area (Å²) < 4.78 is 0. The highest BCUT2D eigenvalue weighted by atomic mass is 16.3. The lowest BCUT2D eigenvalue weighted by Gasteiger charge is -2.60. The number of rotatable bonds is 5. The van der Waals surface area contributed by atoms with E-state index in [1.54, 1.807) is 0 Å². The van der Waals surface area contributed by atoms with Crippen LogP contribution in [0.25, 0.3) is 0 Å². The smallest absolute Gasteiger partial charge is 0.226 e. The first kappa shape index (κ1) is 15.3. The van der Waals surface area contributed by atoms with Crippen LogP contribution in [0.1, 0.15) is 65.7 Å². The Hall–Kier alpha value is -0.570. The van der Waals surface area contributed by atoms with Gasteiger partial charge in [0.05, 0.1) is 5.41 Å². The highest BCUT2D eigenvalue weighted by Gasteiger charge is 2.58. The molecule has 0 aromatic carbocycles. The van der Waals surface area contributed by atoms with E-state index in [1.807, 2.05) is 0 Å². The Bertz CT molecular complexity index is 403. The quantitative estimate of drug-likeness (QED) is 0.818. The van der Waals surface area contributed by atoms with Crippen molar-refractivity contribution >= 4 is 5.91 Å². The number of aliphatic hydroxyl groups excluding tert-OH is 1. The highest BCUT2D eigenvalue weighted by molar-refractivity contribution is 5.83. The van der Waals surface area contributed by atoms with Crippen LogP contribution >= 0.6 is 0 Å². The predicted molar refractivity (Wildman–Crippen MR) is 83.7 cm³/mol. The van der Waals surface area contributed by atoms with Crippen molar-refractivity contribution in [1.82, 2.24) is 5.32 Å². The second kappa shape index (κ2) is 5.26. The molecule has 4 rings (SSSR count). The van der Waals surface area contributed by atoms with E-state index in [1.165, 1.54) is 19.3 Å². The topological polar surface area (TPSA) is 49.3 Å². The first-order chi connectivity index (χ1) is 9.86. The van der Waals surface area contributed by atoms with Gasteiger partial charge in [0.2, 0.25) is 5.91 Å². The molecule has 2 N–H and O–H groups in total. The minimum absolute atomic E-state index is 0.0958. The molecule has 3 atom stereocenters. The van der Waals surface area contributed by atoms with Gasteiger partial charge in [-0.15, -0.1) is 0 Å². The van der Waals surface area contributed by atoms with Crippen LogP contribution in [0.5, 0.6) is 0 Å². The summed E-state index contributed by atoms with van der Waals surface area (Å²) in [7, 11) is 0. The van der Waals surface area contributed by atoms with Crippen molar-refractivity contribution in [1.29, 1.82) is 0 Å². The molecule has 21 heavy (non-hydrogen) atoms. The van der Waals surface area contributed by atoms with Crippen molar-refractivity contribution in [2.75, 3.05) is 6.61 Å². The molecule has 0 saturated heterocycles. The summed E-state index contributed by atoms with van der Waals surface area (Å²) in [6.45, 7) is 6.81. The van der Waals surface area contributed by atoms with E-state index in [0.29, 0.717) is 17.8 Å². The maximum absolute atomic E-state index is 13.0. The number of hydrogen-bond acceptors (Lipinski definition) is 2. The molecule has 0 heterocycles. The molecule has 120 valence electrons. The van der Waals surface area contributed by atoms with Crippen molar-refractivity contribution in [3.8, 4) is 0 Å². The molecule has 4 saturated carbocycles. The van der Waals surface area contributed by atoms with Crippen molar-refractivity contribution in [2.45, 2.75) is 71.8 Å². The third-order valence-electron chi connectivity index (χ3n) is 6.40. The minimum atomic E-state index is -0.0958. The summed E-state index contributed by atoms with van der Waals surface area (Å²) in [6.07, 6.45) is 8.00. The fourth-order valence-corrected chi connectivity index (χ4v) is 6.02. The normalized spacial score (nSPS) is 42.3. The lowest BCUT2D eigenvalue weighted by molar-refractivity contribution is -0.156. The molecule has 0 aromatic heterocycles. The van der Waals surface area contributed by atoms with E-state index in [9.17, 15) is 9.90 Å². The lowest BCUT2D eigenvalue weighted by Crippen LogP contribution is -2.58. The molecule has 4 aliphatic carbocycles. The Balaban J connectivity index is 1.75. The molecular weight excluding hydrogens is 262 g/mol. The average Bonchev–Trinajstić information content (AvgIpc) is 2.34. The Morgan fingerprint density at radius 3 is 2.33 bits per heavy atom. The van der Waals surface area contributed by atoms with E-state index >= 15 is 0 Å². The van der Waals surface area contributed by atoms with Crippen LogP contribution in [0.15, 0.2) is 0 Å². The summed E-state index contributed by atoms with van der Waals surface area (Å²) >= 11 is 0. The highest BCUT2D eigenvalue weighted by Crippen LogP contribution is 2.65. The molecular formula is C18H31NO2. The number of aliphatic hydroxyl groups is 1. The summed E-state index contributed by atoms with van der Waals surface area (Å²) in [6, 6.07) is 0.114. The molecule has 4 fully saturated rings. The van der Waals surface area contributed by atoms with Crippen molar-refractivity contribution < 1.29 is 9.90 Å². The molecule has 0 spiro atoms. The largest absolute Gasteiger partial charge is 0.396 e. The molecule has 0 aromatic rings. The Labute approximate surface area is 128 Å². The molecule has 4 bridgehead atoms. The van der Waals surface area contributed by atoms with Crippen LogP contribution in [0.2, 0.25) is 0 Å². The van der Waals surface area contributed by atoms with Crippen LogP contribution in [0.3, 0.4) is 0 Å². The van der Waals surface area contributed by atoms with Crippen LogP contribution < -0.4 is 5.32 Å². The van der Waals surface area contributed by atoms with Gasteiger partial charge in [-0.05, 0) is 68.1 Å². The minimum Gasteiger partial charge on any atom is -0.396 e.